The van der Waals surface area contributed by atoms with Crippen molar-refractivity contribution in [2.24, 2.45) is 5.92 Å². The van der Waals surface area contributed by atoms with E-state index in [4.69, 9.17) is 0 Å². The van der Waals surface area contributed by atoms with Crippen molar-refractivity contribution in [1.82, 2.24) is 10.2 Å². The van der Waals surface area contributed by atoms with Gasteiger partial charge in [-0.1, -0.05) is 13.8 Å². The van der Waals surface area contributed by atoms with Crippen molar-refractivity contribution in [3.05, 3.63) is 20.8 Å². The second kappa shape index (κ2) is 5.63. The van der Waals surface area contributed by atoms with E-state index in [-0.39, 0.29) is 0 Å². The Kier molecular flexibility index (Phi) is 4.41. The molecule has 1 fully saturated rings. The normalized spacial score (nSPS) is 20.2. The maximum Gasteiger partial charge on any atom is 0.0701 e. The molecule has 0 saturated carbocycles. The van der Waals surface area contributed by atoms with E-state index in [1.54, 1.807) is 0 Å². The molecule has 1 saturated heterocycles. The number of rotatable bonds is 3. The lowest BCUT2D eigenvalue weighted by molar-refractivity contribution is 0.140. The van der Waals surface area contributed by atoms with Gasteiger partial charge < -0.3 is 5.32 Å². The van der Waals surface area contributed by atoms with Crippen LogP contribution in [0.15, 0.2) is 15.9 Å². The predicted molar refractivity (Wildman–Crippen MR) is 74.0 cm³/mol. The van der Waals surface area contributed by atoms with Gasteiger partial charge in [-0.25, -0.2) is 0 Å². The quantitative estimate of drug-likeness (QED) is 0.923. The summed E-state index contributed by atoms with van der Waals surface area (Å²) in [4.78, 5) is 4.10. The fraction of sp³-hybridized carbons (Fsp3) is 0.667. The Morgan fingerprint density at radius 3 is 2.50 bits per heavy atom. The van der Waals surface area contributed by atoms with Gasteiger partial charge in [0.1, 0.15) is 0 Å². The first kappa shape index (κ1) is 12.6. The second-order valence-corrected chi connectivity index (χ2v) is 7.11. The van der Waals surface area contributed by atoms with Crippen molar-refractivity contribution in [3.63, 3.8) is 0 Å². The lowest BCUT2D eigenvalue weighted by Gasteiger charge is -2.36. The van der Waals surface area contributed by atoms with Crippen molar-refractivity contribution in [2.75, 3.05) is 26.2 Å². The van der Waals surface area contributed by atoms with Crippen LogP contribution >= 0.6 is 27.3 Å². The van der Waals surface area contributed by atoms with E-state index in [9.17, 15) is 0 Å². The van der Waals surface area contributed by atoms with Crippen LogP contribution < -0.4 is 5.32 Å². The van der Waals surface area contributed by atoms with Gasteiger partial charge in [-0.2, -0.15) is 0 Å². The first-order valence-corrected chi connectivity index (χ1v) is 7.49. The van der Waals surface area contributed by atoms with Crippen LogP contribution in [-0.2, 0) is 0 Å². The standard InChI is InChI=1S/C12H19BrN2S/c1-9(2)12(10-3-4-11(13)16-10)15-7-5-14-6-8-15/h3-4,9,12,14H,5-8H2,1-2H3. The molecular weight excluding hydrogens is 284 g/mol. The molecule has 1 aliphatic rings. The molecule has 90 valence electrons. The zero-order valence-electron chi connectivity index (χ0n) is 9.87. The highest BCUT2D eigenvalue weighted by Gasteiger charge is 2.25. The summed E-state index contributed by atoms with van der Waals surface area (Å²) in [5.41, 5.74) is 0. The Morgan fingerprint density at radius 2 is 2.00 bits per heavy atom. The topological polar surface area (TPSA) is 15.3 Å². The molecule has 1 unspecified atom stereocenters. The summed E-state index contributed by atoms with van der Waals surface area (Å²) >= 11 is 5.43. The van der Waals surface area contributed by atoms with E-state index in [2.05, 4.69) is 52.1 Å². The van der Waals surface area contributed by atoms with Gasteiger partial charge in [0.15, 0.2) is 0 Å². The highest BCUT2D eigenvalue weighted by atomic mass is 79.9. The van der Waals surface area contributed by atoms with E-state index >= 15 is 0 Å². The van der Waals surface area contributed by atoms with Gasteiger partial charge >= 0.3 is 0 Å². The number of hydrogen-bond donors (Lipinski definition) is 1. The SMILES string of the molecule is CC(C)C(c1ccc(Br)s1)N1CCNCC1. The largest absolute Gasteiger partial charge is 0.314 e. The Morgan fingerprint density at radius 1 is 1.31 bits per heavy atom. The van der Waals surface area contributed by atoms with E-state index in [0.717, 1.165) is 13.1 Å². The minimum Gasteiger partial charge on any atom is -0.314 e. The number of thiophene rings is 1. The third kappa shape index (κ3) is 2.86. The van der Waals surface area contributed by atoms with Crippen LogP contribution in [0.25, 0.3) is 0 Å². The van der Waals surface area contributed by atoms with Gasteiger partial charge in [-0.05, 0) is 34.0 Å². The van der Waals surface area contributed by atoms with Gasteiger partial charge in [0.25, 0.3) is 0 Å². The summed E-state index contributed by atoms with van der Waals surface area (Å²) in [5.74, 6) is 0.670. The first-order valence-electron chi connectivity index (χ1n) is 5.88. The smallest absolute Gasteiger partial charge is 0.0701 e. The maximum atomic E-state index is 3.56. The van der Waals surface area contributed by atoms with Gasteiger partial charge in [-0.15, -0.1) is 11.3 Å². The van der Waals surface area contributed by atoms with Crippen LogP contribution in [-0.4, -0.2) is 31.1 Å². The van der Waals surface area contributed by atoms with Crippen molar-refractivity contribution in [2.45, 2.75) is 19.9 Å². The Hall–Kier alpha value is 0.1000. The van der Waals surface area contributed by atoms with Gasteiger partial charge in [0, 0.05) is 37.1 Å². The van der Waals surface area contributed by atoms with Crippen molar-refractivity contribution in [1.29, 1.82) is 0 Å². The predicted octanol–water partition coefficient (Wildman–Crippen LogP) is 3.11. The van der Waals surface area contributed by atoms with E-state index in [0.29, 0.717) is 12.0 Å². The third-order valence-corrected chi connectivity index (χ3v) is 4.76. The molecule has 16 heavy (non-hydrogen) atoms. The molecule has 1 aliphatic heterocycles. The average molecular weight is 303 g/mol. The second-order valence-electron chi connectivity index (χ2n) is 4.62. The molecule has 0 amide bonds. The summed E-state index contributed by atoms with van der Waals surface area (Å²) in [5, 5.41) is 3.42. The fourth-order valence-electron chi connectivity index (χ4n) is 2.38. The van der Waals surface area contributed by atoms with Crippen LogP contribution in [0, 0.1) is 5.92 Å². The van der Waals surface area contributed by atoms with Crippen molar-refractivity contribution in [3.8, 4) is 0 Å². The Bertz CT molecular complexity index is 332. The zero-order chi connectivity index (χ0) is 11.5. The molecule has 0 spiro atoms. The summed E-state index contributed by atoms with van der Waals surface area (Å²) < 4.78 is 1.24. The summed E-state index contributed by atoms with van der Waals surface area (Å²) in [6.07, 6.45) is 0. The first-order chi connectivity index (χ1) is 7.68. The average Bonchev–Trinajstić information content (AvgIpc) is 2.66. The molecule has 2 nitrogen and oxygen atoms in total. The highest BCUT2D eigenvalue weighted by Crippen LogP contribution is 2.35. The molecule has 1 N–H and O–H groups in total. The minimum atomic E-state index is 0.582. The van der Waals surface area contributed by atoms with Crippen LogP contribution in [0.3, 0.4) is 0 Å². The van der Waals surface area contributed by atoms with Gasteiger partial charge in [-0.3, -0.25) is 4.90 Å². The molecule has 2 heterocycles. The Labute approximate surface area is 110 Å². The molecule has 1 aromatic heterocycles. The highest BCUT2D eigenvalue weighted by molar-refractivity contribution is 9.11. The fourth-order valence-corrected chi connectivity index (χ4v) is 4.11. The number of hydrogen-bond acceptors (Lipinski definition) is 3. The lowest BCUT2D eigenvalue weighted by atomic mass is 10.00. The molecule has 0 aliphatic carbocycles. The van der Waals surface area contributed by atoms with Gasteiger partial charge in [0.2, 0.25) is 0 Å². The minimum absolute atomic E-state index is 0.582. The monoisotopic (exact) mass is 302 g/mol. The summed E-state index contributed by atoms with van der Waals surface area (Å²) in [6.45, 7) is 9.21. The van der Waals surface area contributed by atoms with Crippen LogP contribution in [0.1, 0.15) is 24.8 Å². The van der Waals surface area contributed by atoms with Crippen LogP contribution in [0.2, 0.25) is 0 Å². The molecule has 1 atom stereocenters. The third-order valence-electron chi connectivity index (χ3n) is 3.06. The number of nitrogens with one attached hydrogen (secondary N) is 1. The zero-order valence-corrected chi connectivity index (χ0v) is 12.3. The lowest BCUT2D eigenvalue weighted by Crippen LogP contribution is -2.46. The van der Waals surface area contributed by atoms with Crippen molar-refractivity contribution >= 4 is 27.3 Å². The van der Waals surface area contributed by atoms with Gasteiger partial charge in [0.05, 0.1) is 3.79 Å². The molecule has 2 rings (SSSR count). The molecule has 1 aromatic rings. The van der Waals surface area contributed by atoms with E-state index in [1.807, 2.05) is 11.3 Å². The number of halogens is 1. The number of nitrogens with zero attached hydrogens (tertiary/aromatic N) is 1. The summed E-state index contributed by atoms with van der Waals surface area (Å²) in [6, 6.07) is 5.01. The molecular formula is C12H19BrN2S. The van der Waals surface area contributed by atoms with E-state index in [1.165, 1.54) is 21.8 Å². The van der Waals surface area contributed by atoms with E-state index < -0.39 is 0 Å². The molecule has 0 aromatic carbocycles. The Balaban J connectivity index is 2.16. The van der Waals surface area contributed by atoms with Crippen LogP contribution in [0.4, 0.5) is 0 Å². The molecule has 0 bridgehead atoms. The molecule has 0 radical (unpaired) electrons. The summed E-state index contributed by atoms with van der Waals surface area (Å²) in [7, 11) is 0. The van der Waals surface area contributed by atoms with Crippen LogP contribution in [0.5, 0.6) is 0 Å². The van der Waals surface area contributed by atoms with Crippen molar-refractivity contribution < 1.29 is 0 Å². The molecule has 4 heteroatoms. The maximum absolute atomic E-state index is 3.56. The number of piperazine rings is 1.